The van der Waals surface area contributed by atoms with Crippen molar-refractivity contribution in [1.29, 1.82) is 5.26 Å². The van der Waals surface area contributed by atoms with Crippen molar-refractivity contribution in [3.8, 4) is 6.07 Å². The summed E-state index contributed by atoms with van der Waals surface area (Å²) in [4.78, 5) is 8.36. The fourth-order valence-corrected chi connectivity index (χ4v) is 3.28. The first kappa shape index (κ1) is 12.5. The second-order valence-electron chi connectivity index (χ2n) is 3.34. The lowest BCUT2D eigenvalue weighted by atomic mass is 10.4. The zero-order chi connectivity index (χ0) is 13.2. The molecule has 0 atom stereocenters. The predicted molar refractivity (Wildman–Crippen MR) is 66.6 cm³/mol. The smallest absolute Gasteiger partial charge is 0.255 e. The molecule has 8 heteroatoms. The van der Waals surface area contributed by atoms with Crippen LogP contribution in [0.15, 0.2) is 29.4 Å². The first-order chi connectivity index (χ1) is 8.53. The van der Waals surface area contributed by atoms with Crippen molar-refractivity contribution >= 4 is 26.5 Å². The molecule has 0 saturated carbocycles. The van der Waals surface area contributed by atoms with E-state index in [1.165, 1.54) is 29.7 Å². The molecule has 0 aliphatic carbocycles. The van der Waals surface area contributed by atoms with E-state index < -0.39 is 10.0 Å². The summed E-state index contributed by atoms with van der Waals surface area (Å²) in [5.41, 5.74) is -0.140. The molecule has 92 valence electrons. The van der Waals surface area contributed by atoms with Crippen molar-refractivity contribution in [1.82, 2.24) is 9.97 Å². The minimum atomic E-state index is -3.83. The third-order valence-electron chi connectivity index (χ3n) is 2.01. The normalized spacial score (nSPS) is 10.9. The van der Waals surface area contributed by atoms with Gasteiger partial charge in [-0.25, -0.2) is 18.4 Å². The highest BCUT2D eigenvalue weighted by atomic mass is 32.2. The van der Waals surface area contributed by atoms with Crippen molar-refractivity contribution < 1.29 is 8.42 Å². The largest absolute Gasteiger partial charge is 0.266 e. The Kier molecular flexibility index (Phi) is 3.27. The number of thiazole rings is 1. The molecule has 1 N–H and O–H groups in total. The zero-order valence-electron chi connectivity index (χ0n) is 9.28. The maximum Gasteiger partial charge on any atom is 0.266 e. The summed E-state index contributed by atoms with van der Waals surface area (Å²) < 4.78 is 26.4. The Morgan fingerprint density at radius 2 is 2.22 bits per heavy atom. The number of rotatable bonds is 3. The number of nitrogens with zero attached hydrogens (tertiary/aromatic N) is 3. The summed E-state index contributed by atoms with van der Waals surface area (Å²) in [7, 11) is -3.83. The number of anilines is 1. The SMILES string of the molecule is Cc1cnc(NS(=O)(=O)c2cccnc2C#N)s1. The van der Waals surface area contributed by atoms with E-state index in [2.05, 4.69) is 14.7 Å². The lowest BCUT2D eigenvalue weighted by molar-refractivity contribution is 0.600. The maximum atomic E-state index is 12.1. The third kappa shape index (κ3) is 2.47. The molecule has 2 rings (SSSR count). The molecule has 0 bridgehead atoms. The molecule has 0 aliphatic rings. The Labute approximate surface area is 108 Å². The fraction of sp³-hybridized carbons (Fsp3) is 0.100. The van der Waals surface area contributed by atoms with Crippen LogP contribution in [0.4, 0.5) is 5.13 Å². The van der Waals surface area contributed by atoms with Crippen LogP contribution in [-0.4, -0.2) is 18.4 Å². The molecule has 0 aliphatic heterocycles. The first-order valence-corrected chi connectivity index (χ1v) is 7.13. The topological polar surface area (TPSA) is 95.7 Å². The van der Waals surface area contributed by atoms with Gasteiger partial charge in [0.2, 0.25) is 0 Å². The quantitative estimate of drug-likeness (QED) is 0.919. The van der Waals surface area contributed by atoms with Gasteiger partial charge in [-0.05, 0) is 19.1 Å². The van der Waals surface area contributed by atoms with Gasteiger partial charge in [0.05, 0.1) is 0 Å². The van der Waals surface area contributed by atoms with Crippen molar-refractivity contribution in [3.63, 3.8) is 0 Å². The Morgan fingerprint density at radius 3 is 2.83 bits per heavy atom. The highest BCUT2D eigenvalue weighted by Gasteiger charge is 2.20. The molecule has 2 aromatic heterocycles. The van der Waals surface area contributed by atoms with Gasteiger partial charge in [-0.15, -0.1) is 11.3 Å². The van der Waals surface area contributed by atoms with Crippen LogP contribution in [0, 0.1) is 18.3 Å². The van der Waals surface area contributed by atoms with E-state index in [1.54, 1.807) is 12.3 Å². The van der Waals surface area contributed by atoms with Crippen LogP contribution < -0.4 is 4.72 Å². The van der Waals surface area contributed by atoms with Crippen molar-refractivity contribution in [3.05, 3.63) is 35.1 Å². The molecule has 0 fully saturated rings. The van der Waals surface area contributed by atoms with E-state index in [-0.39, 0.29) is 15.7 Å². The summed E-state index contributed by atoms with van der Waals surface area (Å²) in [6.07, 6.45) is 2.93. The predicted octanol–water partition coefficient (Wildman–Crippen LogP) is 1.52. The van der Waals surface area contributed by atoms with Crippen molar-refractivity contribution in [2.75, 3.05) is 4.72 Å². The zero-order valence-corrected chi connectivity index (χ0v) is 10.9. The third-order valence-corrected chi connectivity index (χ3v) is 4.34. The lowest BCUT2D eigenvalue weighted by Crippen LogP contribution is -2.14. The van der Waals surface area contributed by atoms with Crippen LogP contribution in [-0.2, 0) is 10.0 Å². The summed E-state index contributed by atoms with van der Waals surface area (Å²) >= 11 is 1.22. The molecule has 6 nitrogen and oxygen atoms in total. The summed E-state index contributed by atoms with van der Waals surface area (Å²) in [6, 6.07) is 4.53. The number of hydrogen-bond donors (Lipinski definition) is 1. The lowest BCUT2D eigenvalue weighted by Gasteiger charge is -2.05. The van der Waals surface area contributed by atoms with Crippen LogP contribution in [0.5, 0.6) is 0 Å². The maximum absolute atomic E-state index is 12.1. The second-order valence-corrected chi connectivity index (χ2v) is 6.23. The van der Waals surface area contributed by atoms with E-state index in [1.807, 2.05) is 6.92 Å². The van der Waals surface area contributed by atoms with Gasteiger partial charge in [-0.1, -0.05) is 0 Å². The molecule has 0 amide bonds. The monoisotopic (exact) mass is 280 g/mol. The molecule has 0 aromatic carbocycles. The standard InChI is InChI=1S/C10H8N4O2S2/c1-7-6-13-10(17-7)14-18(15,16)9-3-2-4-12-8(9)5-11/h2-4,6H,1H3,(H,13,14). The number of hydrogen-bond acceptors (Lipinski definition) is 6. The average Bonchev–Trinajstić information content (AvgIpc) is 2.74. The number of sulfonamides is 1. The number of nitrogens with one attached hydrogen (secondary N) is 1. The molecule has 0 saturated heterocycles. The molecule has 2 aromatic rings. The van der Waals surface area contributed by atoms with E-state index >= 15 is 0 Å². The Morgan fingerprint density at radius 1 is 1.44 bits per heavy atom. The van der Waals surface area contributed by atoms with Crippen molar-refractivity contribution in [2.45, 2.75) is 11.8 Å². The Hall–Kier alpha value is -1.98. The molecule has 18 heavy (non-hydrogen) atoms. The number of pyridine rings is 1. The fourth-order valence-electron chi connectivity index (χ4n) is 1.26. The van der Waals surface area contributed by atoms with Crippen LogP contribution in [0.3, 0.4) is 0 Å². The van der Waals surface area contributed by atoms with E-state index in [0.29, 0.717) is 0 Å². The average molecular weight is 280 g/mol. The minimum Gasteiger partial charge on any atom is -0.255 e. The van der Waals surface area contributed by atoms with Gasteiger partial charge in [0.15, 0.2) is 10.8 Å². The summed E-state index contributed by atoms with van der Waals surface area (Å²) in [5.74, 6) is 0. The minimum absolute atomic E-state index is 0.140. The molecule has 0 unspecified atom stereocenters. The van der Waals surface area contributed by atoms with E-state index in [9.17, 15) is 8.42 Å². The van der Waals surface area contributed by atoms with Gasteiger partial charge in [0.1, 0.15) is 11.0 Å². The molecular weight excluding hydrogens is 272 g/mol. The second kappa shape index (κ2) is 4.72. The van der Waals surface area contributed by atoms with E-state index in [0.717, 1.165) is 4.88 Å². The summed E-state index contributed by atoms with van der Waals surface area (Å²) in [6.45, 7) is 1.82. The van der Waals surface area contributed by atoms with Crippen LogP contribution in [0.1, 0.15) is 10.6 Å². The highest BCUT2D eigenvalue weighted by molar-refractivity contribution is 7.93. The number of nitriles is 1. The number of aromatic nitrogens is 2. The van der Waals surface area contributed by atoms with Crippen LogP contribution in [0.25, 0.3) is 0 Å². The first-order valence-electron chi connectivity index (χ1n) is 4.83. The van der Waals surface area contributed by atoms with Crippen LogP contribution in [0.2, 0.25) is 0 Å². The van der Waals surface area contributed by atoms with Gasteiger partial charge in [-0.2, -0.15) is 5.26 Å². The molecule has 0 spiro atoms. The van der Waals surface area contributed by atoms with Gasteiger partial charge >= 0.3 is 0 Å². The Balaban J connectivity index is 2.40. The highest BCUT2D eigenvalue weighted by Crippen LogP contribution is 2.21. The van der Waals surface area contributed by atoms with Gasteiger partial charge in [0.25, 0.3) is 10.0 Å². The van der Waals surface area contributed by atoms with Crippen molar-refractivity contribution in [2.24, 2.45) is 0 Å². The molecular formula is C10H8N4O2S2. The van der Waals surface area contributed by atoms with Gasteiger partial charge in [0, 0.05) is 17.3 Å². The van der Waals surface area contributed by atoms with Gasteiger partial charge in [-0.3, -0.25) is 4.72 Å². The molecule has 0 radical (unpaired) electrons. The number of aryl methyl sites for hydroxylation is 1. The van der Waals surface area contributed by atoms with E-state index in [4.69, 9.17) is 5.26 Å². The summed E-state index contributed by atoms with van der Waals surface area (Å²) in [5, 5.41) is 9.10. The molecule has 2 heterocycles. The van der Waals surface area contributed by atoms with Crippen LogP contribution >= 0.6 is 11.3 Å². The Bertz CT molecular complexity index is 715. The van der Waals surface area contributed by atoms with Gasteiger partial charge < -0.3 is 0 Å².